The highest BCUT2D eigenvalue weighted by Gasteiger charge is 2.30. The first kappa shape index (κ1) is 16.5. The van der Waals surface area contributed by atoms with Gasteiger partial charge < -0.3 is 14.7 Å². The van der Waals surface area contributed by atoms with Crippen LogP contribution >= 0.6 is 0 Å². The average Bonchev–Trinajstić information content (AvgIpc) is 2.59. The van der Waals surface area contributed by atoms with E-state index in [0.717, 1.165) is 19.3 Å². The molecule has 0 saturated carbocycles. The van der Waals surface area contributed by atoms with E-state index in [-0.39, 0.29) is 30.8 Å². The van der Waals surface area contributed by atoms with Crippen molar-refractivity contribution in [3.63, 3.8) is 0 Å². The molecule has 0 aliphatic carbocycles. The number of hydrogen-bond acceptors (Lipinski definition) is 3. The summed E-state index contributed by atoms with van der Waals surface area (Å²) in [5.41, 5.74) is 1.04. The van der Waals surface area contributed by atoms with E-state index in [2.05, 4.69) is 0 Å². The molecule has 1 N–H and O–H groups in total. The largest absolute Gasteiger partial charge is 0.488 e. The number of carboxylic acids is 1. The van der Waals surface area contributed by atoms with Gasteiger partial charge in [-0.1, -0.05) is 0 Å². The Morgan fingerprint density at radius 2 is 2.17 bits per heavy atom. The summed E-state index contributed by atoms with van der Waals surface area (Å²) >= 11 is 0. The van der Waals surface area contributed by atoms with Crippen LogP contribution in [0.15, 0.2) is 23.8 Å². The van der Waals surface area contributed by atoms with Gasteiger partial charge in [-0.2, -0.15) is 0 Å². The summed E-state index contributed by atoms with van der Waals surface area (Å²) in [6, 6.07) is 4.17. The molecule has 1 atom stereocenters. The van der Waals surface area contributed by atoms with Crippen molar-refractivity contribution in [2.75, 3.05) is 13.2 Å². The van der Waals surface area contributed by atoms with Crippen LogP contribution in [-0.4, -0.2) is 41.1 Å². The molecule has 1 saturated heterocycles. The molecule has 0 radical (unpaired) electrons. The third-order valence-electron chi connectivity index (χ3n) is 4.54. The van der Waals surface area contributed by atoms with E-state index in [9.17, 15) is 14.0 Å². The van der Waals surface area contributed by atoms with Gasteiger partial charge in [-0.3, -0.25) is 9.59 Å². The van der Waals surface area contributed by atoms with E-state index in [1.807, 2.05) is 0 Å². The van der Waals surface area contributed by atoms with Gasteiger partial charge in [-0.15, -0.1) is 0 Å². The number of nitrogens with zero attached hydrogens (tertiary/aromatic N) is 1. The minimum Gasteiger partial charge on any atom is -0.488 e. The Labute approximate surface area is 139 Å². The van der Waals surface area contributed by atoms with Gasteiger partial charge in [-0.25, -0.2) is 4.39 Å². The molecule has 1 amide bonds. The Kier molecular flexibility index (Phi) is 4.83. The standard InChI is InChI=1S/C18H20FNO4/c19-14-4-6-16-12(10-14)9-13(11-24-16)18(23)20-8-2-1-3-15(20)5-7-17(21)22/h4,6,9-10,15H,1-3,5,7-8,11H2,(H,21,22). The van der Waals surface area contributed by atoms with Crippen LogP contribution in [0.3, 0.4) is 0 Å². The SMILES string of the molecule is O=C(O)CCC1CCCCN1C(=O)C1=Cc2cc(F)ccc2OC1. The van der Waals surface area contributed by atoms with E-state index in [1.165, 1.54) is 12.1 Å². The summed E-state index contributed by atoms with van der Waals surface area (Å²) in [7, 11) is 0. The molecule has 2 heterocycles. The number of rotatable bonds is 4. The maximum Gasteiger partial charge on any atom is 0.303 e. The van der Waals surface area contributed by atoms with Gasteiger partial charge >= 0.3 is 5.97 Å². The molecule has 0 spiro atoms. The van der Waals surface area contributed by atoms with Gasteiger partial charge in [-0.05, 0) is 50.0 Å². The first-order valence-corrected chi connectivity index (χ1v) is 8.20. The quantitative estimate of drug-likeness (QED) is 0.920. The number of fused-ring (bicyclic) bond motifs is 1. The lowest BCUT2D eigenvalue weighted by Crippen LogP contribution is -2.45. The van der Waals surface area contributed by atoms with E-state index >= 15 is 0 Å². The zero-order chi connectivity index (χ0) is 17.1. The number of benzene rings is 1. The smallest absolute Gasteiger partial charge is 0.303 e. The Hall–Kier alpha value is -2.37. The van der Waals surface area contributed by atoms with Crippen molar-refractivity contribution in [1.29, 1.82) is 0 Å². The Bertz CT molecular complexity index is 686. The van der Waals surface area contributed by atoms with E-state index in [1.54, 1.807) is 17.0 Å². The van der Waals surface area contributed by atoms with Crippen LogP contribution in [0.1, 0.15) is 37.7 Å². The molecule has 6 heteroatoms. The van der Waals surface area contributed by atoms with Crippen LogP contribution in [0.25, 0.3) is 6.08 Å². The molecular formula is C18H20FNO4. The molecule has 3 rings (SSSR count). The molecule has 1 unspecified atom stereocenters. The second-order valence-corrected chi connectivity index (χ2v) is 6.22. The molecular weight excluding hydrogens is 313 g/mol. The van der Waals surface area contributed by atoms with Gasteiger partial charge in [0.05, 0.1) is 5.57 Å². The molecule has 0 aromatic heterocycles. The molecule has 2 aliphatic rings. The lowest BCUT2D eigenvalue weighted by molar-refractivity contribution is -0.139. The number of piperidine rings is 1. The number of amides is 1. The fourth-order valence-corrected chi connectivity index (χ4v) is 3.31. The highest BCUT2D eigenvalue weighted by Crippen LogP contribution is 2.29. The maximum atomic E-state index is 13.4. The van der Waals surface area contributed by atoms with Crippen LogP contribution in [0.5, 0.6) is 5.75 Å². The lowest BCUT2D eigenvalue weighted by atomic mass is 9.96. The highest BCUT2D eigenvalue weighted by atomic mass is 19.1. The van der Waals surface area contributed by atoms with E-state index in [0.29, 0.717) is 29.9 Å². The van der Waals surface area contributed by atoms with Crippen molar-refractivity contribution in [3.8, 4) is 5.75 Å². The second-order valence-electron chi connectivity index (χ2n) is 6.22. The van der Waals surface area contributed by atoms with E-state index < -0.39 is 5.97 Å². The molecule has 1 fully saturated rings. The number of ether oxygens (including phenoxy) is 1. The Balaban J connectivity index is 1.78. The molecule has 24 heavy (non-hydrogen) atoms. The number of carbonyl (C=O) groups excluding carboxylic acids is 1. The Morgan fingerprint density at radius 1 is 1.33 bits per heavy atom. The number of aliphatic carboxylic acids is 1. The van der Waals surface area contributed by atoms with Crippen molar-refractivity contribution in [2.45, 2.75) is 38.1 Å². The number of likely N-dealkylation sites (tertiary alicyclic amines) is 1. The van der Waals surface area contributed by atoms with Crippen molar-refractivity contribution in [2.24, 2.45) is 0 Å². The summed E-state index contributed by atoms with van der Waals surface area (Å²) in [6.07, 6.45) is 4.91. The van der Waals surface area contributed by atoms with Crippen LogP contribution in [0.4, 0.5) is 4.39 Å². The summed E-state index contributed by atoms with van der Waals surface area (Å²) in [4.78, 5) is 25.4. The molecule has 0 bridgehead atoms. The topological polar surface area (TPSA) is 66.8 Å². The highest BCUT2D eigenvalue weighted by molar-refractivity contribution is 5.99. The molecule has 1 aromatic rings. The number of carboxylic acid groups (broad SMARTS) is 1. The summed E-state index contributed by atoms with van der Waals surface area (Å²) in [6.45, 7) is 0.774. The third-order valence-corrected chi connectivity index (χ3v) is 4.54. The predicted molar refractivity (Wildman–Crippen MR) is 86.1 cm³/mol. The average molecular weight is 333 g/mol. The van der Waals surface area contributed by atoms with Crippen molar-refractivity contribution < 1.29 is 23.8 Å². The van der Waals surface area contributed by atoms with Gasteiger partial charge in [0.15, 0.2) is 0 Å². The van der Waals surface area contributed by atoms with Crippen LogP contribution in [0.2, 0.25) is 0 Å². The first-order chi connectivity index (χ1) is 11.5. The van der Waals surface area contributed by atoms with Crippen LogP contribution < -0.4 is 4.74 Å². The zero-order valence-corrected chi connectivity index (χ0v) is 13.3. The van der Waals surface area contributed by atoms with Crippen molar-refractivity contribution >= 4 is 18.0 Å². The number of halogens is 1. The van der Waals surface area contributed by atoms with Crippen LogP contribution in [-0.2, 0) is 9.59 Å². The van der Waals surface area contributed by atoms with Crippen LogP contribution in [0, 0.1) is 5.82 Å². The third kappa shape index (κ3) is 3.58. The van der Waals surface area contributed by atoms with Gasteiger partial charge in [0, 0.05) is 24.6 Å². The fraction of sp³-hybridized carbons (Fsp3) is 0.444. The summed E-state index contributed by atoms with van der Waals surface area (Å²) in [5.74, 6) is -0.800. The van der Waals surface area contributed by atoms with Gasteiger partial charge in [0.1, 0.15) is 18.2 Å². The van der Waals surface area contributed by atoms with Gasteiger partial charge in [0.2, 0.25) is 0 Å². The molecule has 1 aromatic carbocycles. The molecule has 5 nitrogen and oxygen atoms in total. The molecule has 128 valence electrons. The number of hydrogen-bond donors (Lipinski definition) is 1. The van der Waals surface area contributed by atoms with Gasteiger partial charge in [0.25, 0.3) is 5.91 Å². The lowest BCUT2D eigenvalue weighted by Gasteiger charge is -2.36. The summed E-state index contributed by atoms with van der Waals surface area (Å²) in [5, 5.41) is 8.88. The second kappa shape index (κ2) is 7.03. The van der Waals surface area contributed by atoms with E-state index in [4.69, 9.17) is 9.84 Å². The van der Waals surface area contributed by atoms with Crippen molar-refractivity contribution in [3.05, 3.63) is 35.2 Å². The monoisotopic (exact) mass is 333 g/mol. The fourth-order valence-electron chi connectivity index (χ4n) is 3.31. The predicted octanol–water partition coefficient (Wildman–Crippen LogP) is 2.85. The summed E-state index contributed by atoms with van der Waals surface area (Å²) < 4.78 is 18.9. The minimum atomic E-state index is -0.849. The Morgan fingerprint density at radius 3 is 2.96 bits per heavy atom. The minimum absolute atomic E-state index is 0.0536. The molecule has 2 aliphatic heterocycles. The normalized spacial score (nSPS) is 20.0. The maximum absolute atomic E-state index is 13.4. The number of carbonyl (C=O) groups is 2. The zero-order valence-electron chi connectivity index (χ0n) is 13.3. The van der Waals surface area contributed by atoms with Crippen molar-refractivity contribution in [1.82, 2.24) is 4.90 Å². The first-order valence-electron chi connectivity index (χ1n) is 8.20.